The van der Waals surface area contributed by atoms with Gasteiger partial charge in [0.2, 0.25) is 0 Å². The molecule has 0 aromatic carbocycles. The van der Waals surface area contributed by atoms with Gasteiger partial charge in [0.15, 0.2) is 0 Å². The highest BCUT2D eigenvalue weighted by Gasteiger charge is 2.11. The van der Waals surface area contributed by atoms with Gasteiger partial charge in [-0.25, -0.2) is 0 Å². The molecular formula is C11H21N. The van der Waals surface area contributed by atoms with Crippen LogP contribution in [0.1, 0.15) is 46.0 Å². The van der Waals surface area contributed by atoms with Crippen LogP contribution in [0.2, 0.25) is 0 Å². The molecular weight excluding hydrogens is 146 g/mol. The molecule has 70 valence electrons. The zero-order valence-corrected chi connectivity index (χ0v) is 8.34. The average molecular weight is 167 g/mol. The molecule has 1 rings (SSSR count). The summed E-state index contributed by atoms with van der Waals surface area (Å²) in [5, 5.41) is 0. The van der Waals surface area contributed by atoms with Crippen molar-refractivity contribution in [1.29, 1.82) is 0 Å². The highest BCUT2D eigenvalue weighted by molar-refractivity contribution is 5.01. The highest BCUT2D eigenvalue weighted by atomic mass is 14.7. The van der Waals surface area contributed by atoms with E-state index in [1.165, 1.54) is 32.1 Å². The summed E-state index contributed by atoms with van der Waals surface area (Å²) in [6, 6.07) is 0. The maximum absolute atomic E-state index is 5.87. The normalized spacial score (nSPS) is 21.9. The molecule has 0 amide bonds. The van der Waals surface area contributed by atoms with Crippen molar-refractivity contribution >= 4 is 0 Å². The molecule has 0 unspecified atom stereocenters. The molecule has 1 saturated carbocycles. The molecule has 1 heteroatoms. The van der Waals surface area contributed by atoms with E-state index >= 15 is 0 Å². The third-order valence-corrected chi connectivity index (χ3v) is 2.45. The van der Waals surface area contributed by atoms with E-state index in [9.17, 15) is 0 Å². The molecule has 0 heterocycles. The van der Waals surface area contributed by atoms with Crippen molar-refractivity contribution in [3.8, 4) is 0 Å². The van der Waals surface area contributed by atoms with E-state index in [1.54, 1.807) is 0 Å². The minimum absolute atomic E-state index is 0.128. The molecule has 0 aliphatic heterocycles. The van der Waals surface area contributed by atoms with Gasteiger partial charge in [-0.1, -0.05) is 31.4 Å². The number of nitrogens with two attached hydrogens (primary N) is 1. The van der Waals surface area contributed by atoms with Crippen molar-refractivity contribution in [2.45, 2.75) is 51.5 Å². The Morgan fingerprint density at radius 2 is 1.75 bits per heavy atom. The Morgan fingerprint density at radius 1 is 1.17 bits per heavy atom. The molecule has 0 bridgehead atoms. The fourth-order valence-corrected chi connectivity index (χ4v) is 1.71. The first-order chi connectivity index (χ1) is 5.58. The van der Waals surface area contributed by atoms with Crippen LogP contribution in [0, 0.1) is 5.92 Å². The Labute approximate surface area is 76.0 Å². The molecule has 0 radical (unpaired) electrons. The van der Waals surface area contributed by atoms with Gasteiger partial charge >= 0.3 is 0 Å². The van der Waals surface area contributed by atoms with Crippen LogP contribution < -0.4 is 5.73 Å². The third kappa shape index (κ3) is 3.91. The first-order valence-corrected chi connectivity index (χ1v) is 5.06. The zero-order chi connectivity index (χ0) is 9.03. The second kappa shape index (κ2) is 4.08. The molecule has 12 heavy (non-hydrogen) atoms. The predicted molar refractivity (Wildman–Crippen MR) is 54.0 cm³/mol. The fourth-order valence-electron chi connectivity index (χ4n) is 1.71. The van der Waals surface area contributed by atoms with Crippen molar-refractivity contribution < 1.29 is 0 Å². The van der Waals surface area contributed by atoms with E-state index in [-0.39, 0.29) is 5.54 Å². The van der Waals surface area contributed by atoms with Gasteiger partial charge in [-0.05, 0) is 32.6 Å². The average Bonchev–Trinajstić information content (AvgIpc) is 2.02. The monoisotopic (exact) mass is 167 g/mol. The Kier molecular flexibility index (Phi) is 3.33. The lowest BCUT2D eigenvalue weighted by Gasteiger charge is -2.20. The first kappa shape index (κ1) is 9.79. The summed E-state index contributed by atoms with van der Waals surface area (Å²) in [4.78, 5) is 0. The lowest BCUT2D eigenvalue weighted by atomic mass is 9.88. The van der Waals surface area contributed by atoms with Crippen molar-refractivity contribution in [2.24, 2.45) is 11.7 Å². The highest BCUT2D eigenvalue weighted by Crippen LogP contribution is 2.24. The number of hydrogen-bond donors (Lipinski definition) is 1. The van der Waals surface area contributed by atoms with Gasteiger partial charge in [0.25, 0.3) is 0 Å². The molecule has 0 spiro atoms. The van der Waals surface area contributed by atoms with Crippen LogP contribution in [0.3, 0.4) is 0 Å². The fraction of sp³-hybridized carbons (Fsp3) is 0.818. The summed E-state index contributed by atoms with van der Waals surface area (Å²) in [7, 11) is 0. The summed E-state index contributed by atoms with van der Waals surface area (Å²) in [6.07, 6.45) is 11.4. The van der Waals surface area contributed by atoms with Gasteiger partial charge in [0.1, 0.15) is 0 Å². The predicted octanol–water partition coefficient (Wildman–Crippen LogP) is 2.86. The van der Waals surface area contributed by atoms with Gasteiger partial charge in [0.05, 0.1) is 0 Å². The Bertz CT molecular complexity index is 147. The Hall–Kier alpha value is -0.300. The standard InChI is InChI=1S/C11H21N/c1-11(2,12)9-8-10-6-4-3-5-7-10/h8-10H,3-7,12H2,1-2H3/b9-8+. The van der Waals surface area contributed by atoms with Crippen LogP contribution in [0.15, 0.2) is 12.2 Å². The lowest BCUT2D eigenvalue weighted by molar-refractivity contribution is 0.417. The molecule has 0 atom stereocenters. The Balaban J connectivity index is 2.33. The van der Waals surface area contributed by atoms with Crippen LogP contribution in [-0.2, 0) is 0 Å². The van der Waals surface area contributed by atoms with Crippen LogP contribution in [0.5, 0.6) is 0 Å². The van der Waals surface area contributed by atoms with Crippen molar-refractivity contribution in [3.05, 3.63) is 12.2 Å². The van der Waals surface area contributed by atoms with E-state index in [2.05, 4.69) is 12.2 Å². The smallest absolute Gasteiger partial charge is 0.0281 e. The second-order valence-electron chi connectivity index (χ2n) is 4.58. The van der Waals surface area contributed by atoms with Crippen LogP contribution in [-0.4, -0.2) is 5.54 Å². The van der Waals surface area contributed by atoms with Crippen LogP contribution in [0.4, 0.5) is 0 Å². The number of hydrogen-bond acceptors (Lipinski definition) is 1. The van der Waals surface area contributed by atoms with Crippen molar-refractivity contribution in [3.63, 3.8) is 0 Å². The largest absolute Gasteiger partial charge is 0.322 e. The summed E-state index contributed by atoms with van der Waals surface area (Å²) in [6.45, 7) is 4.10. The van der Waals surface area contributed by atoms with E-state index < -0.39 is 0 Å². The second-order valence-corrected chi connectivity index (χ2v) is 4.58. The van der Waals surface area contributed by atoms with Crippen LogP contribution in [0.25, 0.3) is 0 Å². The van der Waals surface area contributed by atoms with Gasteiger partial charge < -0.3 is 5.73 Å². The maximum Gasteiger partial charge on any atom is 0.0281 e. The summed E-state index contributed by atoms with van der Waals surface area (Å²) >= 11 is 0. The quantitative estimate of drug-likeness (QED) is 0.629. The molecule has 1 aliphatic carbocycles. The van der Waals surface area contributed by atoms with E-state index in [4.69, 9.17) is 5.73 Å². The summed E-state index contributed by atoms with van der Waals surface area (Å²) < 4.78 is 0. The SMILES string of the molecule is CC(C)(N)/C=C/C1CCCCC1. The zero-order valence-electron chi connectivity index (χ0n) is 8.34. The minimum Gasteiger partial charge on any atom is -0.322 e. The van der Waals surface area contributed by atoms with Crippen molar-refractivity contribution in [2.75, 3.05) is 0 Å². The molecule has 1 nitrogen and oxygen atoms in total. The Morgan fingerprint density at radius 3 is 2.25 bits per heavy atom. The van der Waals surface area contributed by atoms with E-state index in [0.717, 1.165) is 5.92 Å². The van der Waals surface area contributed by atoms with Crippen molar-refractivity contribution in [1.82, 2.24) is 0 Å². The molecule has 1 fully saturated rings. The number of allylic oxidation sites excluding steroid dienone is 1. The van der Waals surface area contributed by atoms with E-state index in [0.29, 0.717) is 0 Å². The molecule has 0 aromatic rings. The molecule has 0 aromatic heterocycles. The minimum atomic E-state index is -0.128. The maximum atomic E-state index is 5.87. The van der Waals surface area contributed by atoms with Gasteiger partial charge in [0, 0.05) is 5.54 Å². The lowest BCUT2D eigenvalue weighted by Crippen LogP contribution is -2.29. The first-order valence-electron chi connectivity index (χ1n) is 5.06. The summed E-state index contributed by atoms with van der Waals surface area (Å²) in [5.74, 6) is 0.807. The molecule has 0 saturated heterocycles. The van der Waals surface area contributed by atoms with Crippen LogP contribution >= 0.6 is 0 Å². The number of rotatable bonds is 2. The summed E-state index contributed by atoms with van der Waals surface area (Å²) in [5.41, 5.74) is 5.74. The molecule has 1 aliphatic rings. The van der Waals surface area contributed by atoms with Gasteiger partial charge in [-0.3, -0.25) is 0 Å². The van der Waals surface area contributed by atoms with Gasteiger partial charge in [-0.2, -0.15) is 0 Å². The topological polar surface area (TPSA) is 26.0 Å². The van der Waals surface area contributed by atoms with Gasteiger partial charge in [-0.15, -0.1) is 0 Å². The van der Waals surface area contributed by atoms with E-state index in [1.807, 2.05) is 13.8 Å². The molecule has 2 N–H and O–H groups in total. The third-order valence-electron chi connectivity index (χ3n) is 2.45.